The topological polar surface area (TPSA) is 86.8 Å². The molecule has 0 aliphatic carbocycles. The molecule has 2 rings (SSSR count). The average molecular weight is 605 g/mol. The third-order valence-corrected chi connectivity index (χ3v) is 8.17. The van der Waals surface area contributed by atoms with Gasteiger partial charge in [0.1, 0.15) is 6.04 Å². The highest BCUT2D eigenvalue weighted by Gasteiger charge is 2.29. The highest BCUT2D eigenvalue weighted by molar-refractivity contribution is 7.92. The molecule has 2 amide bonds. The van der Waals surface area contributed by atoms with Crippen molar-refractivity contribution >= 4 is 62.3 Å². The van der Waals surface area contributed by atoms with Crippen molar-refractivity contribution in [2.75, 3.05) is 23.7 Å². The summed E-state index contributed by atoms with van der Waals surface area (Å²) in [7, 11) is -3.63. The van der Waals surface area contributed by atoms with Gasteiger partial charge in [-0.25, -0.2) is 8.42 Å². The fraction of sp³-hybridized carbons (Fsp3) is 0.481. The number of nitrogens with one attached hydrogen (secondary N) is 1. The second-order valence-corrected chi connectivity index (χ2v) is 12.4. The molecular weight excluding hydrogens is 569 g/mol. The summed E-state index contributed by atoms with van der Waals surface area (Å²) in [5.74, 6) is -0.503. The smallest absolute Gasteiger partial charge is 0.242 e. The normalized spacial score (nSPS) is 12.2. The van der Waals surface area contributed by atoms with Crippen LogP contribution < -0.4 is 9.62 Å². The Hall–Kier alpha value is -2.00. The molecule has 0 aromatic heterocycles. The largest absolute Gasteiger partial charge is 0.354 e. The van der Waals surface area contributed by atoms with Gasteiger partial charge in [-0.15, -0.1) is 0 Å². The third kappa shape index (κ3) is 9.33. The van der Waals surface area contributed by atoms with Gasteiger partial charge < -0.3 is 10.2 Å². The average Bonchev–Trinajstić information content (AvgIpc) is 2.84. The van der Waals surface area contributed by atoms with Crippen LogP contribution in [0.5, 0.6) is 0 Å². The fourth-order valence-corrected chi connectivity index (χ4v) is 5.74. The Morgan fingerprint density at radius 1 is 1.00 bits per heavy atom. The summed E-state index contributed by atoms with van der Waals surface area (Å²) in [6.07, 6.45) is 3.59. The lowest BCUT2D eigenvalue weighted by molar-refractivity contribution is -0.141. The number of hydrogen-bond donors (Lipinski definition) is 1. The number of anilines is 1. The maximum absolute atomic E-state index is 13.5. The van der Waals surface area contributed by atoms with Gasteiger partial charge in [0, 0.05) is 41.1 Å². The Morgan fingerprint density at radius 2 is 1.66 bits per heavy atom. The van der Waals surface area contributed by atoms with Crippen molar-refractivity contribution in [3.05, 3.63) is 62.6 Å². The molecule has 0 bridgehead atoms. The second-order valence-electron chi connectivity index (χ2n) is 9.20. The first-order chi connectivity index (χ1) is 17.9. The molecule has 38 heavy (non-hydrogen) atoms. The molecule has 0 spiro atoms. The minimum Gasteiger partial charge on any atom is -0.354 e. The summed E-state index contributed by atoms with van der Waals surface area (Å²) in [5, 5.41) is 4.21. The molecule has 1 N–H and O–H groups in total. The summed E-state index contributed by atoms with van der Waals surface area (Å²) in [5.41, 5.74) is 1.88. The lowest BCUT2D eigenvalue weighted by Gasteiger charge is -2.31. The Bertz CT molecular complexity index is 1220. The highest BCUT2D eigenvalue weighted by atomic mass is 35.5. The Morgan fingerprint density at radius 3 is 2.26 bits per heavy atom. The first kappa shape index (κ1) is 32.2. The molecule has 11 heteroatoms. The number of unbranched alkanes of at least 4 members (excludes halogenated alkanes) is 1. The van der Waals surface area contributed by atoms with E-state index in [-0.39, 0.29) is 37.7 Å². The minimum absolute atomic E-state index is 0.0373. The van der Waals surface area contributed by atoms with Gasteiger partial charge in [-0.05, 0) is 61.6 Å². The lowest BCUT2D eigenvalue weighted by atomic mass is 10.1. The van der Waals surface area contributed by atoms with Crippen LogP contribution in [0.15, 0.2) is 36.4 Å². The van der Waals surface area contributed by atoms with E-state index in [1.54, 1.807) is 43.3 Å². The van der Waals surface area contributed by atoms with Crippen molar-refractivity contribution in [1.82, 2.24) is 10.2 Å². The van der Waals surface area contributed by atoms with Gasteiger partial charge in [-0.2, -0.15) is 0 Å². The van der Waals surface area contributed by atoms with E-state index in [9.17, 15) is 18.0 Å². The van der Waals surface area contributed by atoms with Crippen LogP contribution in [-0.4, -0.2) is 50.5 Å². The van der Waals surface area contributed by atoms with Crippen LogP contribution in [0.1, 0.15) is 57.1 Å². The second kappa shape index (κ2) is 15.0. The van der Waals surface area contributed by atoms with Gasteiger partial charge in [-0.3, -0.25) is 13.9 Å². The Kier molecular flexibility index (Phi) is 12.7. The molecule has 210 valence electrons. The van der Waals surface area contributed by atoms with E-state index < -0.39 is 16.1 Å². The van der Waals surface area contributed by atoms with Crippen LogP contribution in [0.25, 0.3) is 0 Å². The number of amides is 2. The summed E-state index contributed by atoms with van der Waals surface area (Å²) < 4.78 is 26.4. The SMILES string of the molecule is CCCCNC(=O)[C@H](CC)N(Cc1ccc(Cl)cc1Cl)C(=O)CCCN(c1cc(Cl)ccc1C)S(C)(=O)=O. The lowest BCUT2D eigenvalue weighted by Crippen LogP contribution is -2.49. The predicted octanol–water partition coefficient (Wildman–Crippen LogP) is 6.23. The molecule has 0 saturated heterocycles. The predicted molar refractivity (Wildman–Crippen MR) is 157 cm³/mol. The first-order valence-corrected chi connectivity index (χ1v) is 15.6. The molecule has 2 aromatic rings. The molecule has 1 atom stereocenters. The molecule has 2 aromatic carbocycles. The number of sulfonamides is 1. The molecule has 0 aliphatic heterocycles. The standard InChI is InChI=1S/C27H36Cl3N3O4S/c1-5-7-14-31-27(35)24(6-2)32(18-20-11-13-21(28)16-23(20)30)26(34)9-8-15-33(38(4,36)37)25-17-22(29)12-10-19(25)3/h10-13,16-17,24H,5-9,14-15,18H2,1-4H3,(H,31,35)/t24-/m0/s1. The zero-order valence-electron chi connectivity index (χ0n) is 22.3. The van der Waals surface area contributed by atoms with Gasteiger partial charge in [0.05, 0.1) is 11.9 Å². The fourth-order valence-electron chi connectivity index (χ4n) is 4.09. The summed E-state index contributed by atoms with van der Waals surface area (Å²) >= 11 is 18.6. The van der Waals surface area contributed by atoms with Gasteiger partial charge in [-0.1, -0.05) is 67.2 Å². The molecule has 0 radical (unpaired) electrons. The van der Waals surface area contributed by atoms with Crippen molar-refractivity contribution in [3.63, 3.8) is 0 Å². The van der Waals surface area contributed by atoms with Crippen LogP contribution in [0.4, 0.5) is 5.69 Å². The van der Waals surface area contributed by atoms with Gasteiger partial charge in [0.2, 0.25) is 21.8 Å². The zero-order chi connectivity index (χ0) is 28.5. The maximum Gasteiger partial charge on any atom is 0.242 e. The third-order valence-electron chi connectivity index (χ3n) is 6.16. The number of halogens is 3. The molecule has 0 aliphatic rings. The molecule has 0 heterocycles. The number of aryl methyl sites for hydroxylation is 1. The van der Waals surface area contributed by atoms with E-state index in [4.69, 9.17) is 34.8 Å². The van der Waals surface area contributed by atoms with Crippen molar-refractivity contribution in [2.45, 2.75) is 65.5 Å². The van der Waals surface area contributed by atoms with E-state index in [2.05, 4.69) is 5.32 Å². The van der Waals surface area contributed by atoms with Gasteiger partial charge >= 0.3 is 0 Å². The van der Waals surface area contributed by atoms with E-state index in [1.165, 1.54) is 9.21 Å². The van der Waals surface area contributed by atoms with Crippen molar-refractivity contribution in [2.24, 2.45) is 0 Å². The van der Waals surface area contributed by atoms with Crippen LogP contribution in [0, 0.1) is 6.92 Å². The number of rotatable bonds is 14. The van der Waals surface area contributed by atoms with Crippen LogP contribution in [0.2, 0.25) is 15.1 Å². The summed E-state index contributed by atoms with van der Waals surface area (Å²) in [4.78, 5) is 28.1. The summed E-state index contributed by atoms with van der Waals surface area (Å²) in [6, 6.07) is 9.36. The van der Waals surface area contributed by atoms with E-state index in [0.717, 1.165) is 24.7 Å². The quantitative estimate of drug-likeness (QED) is 0.259. The number of benzene rings is 2. The summed E-state index contributed by atoms with van der Waals surface area (Å²) in [6.45, 7) is 6.42. The van der Waals surface area contributed by atoms with Crippen molar-refractivity contribution < 1.29 is 18.0 Å². The van der Waals surface area contributed by atoms with Crippen LogP contribution in [0.3, 0.4) is 0 Å². The zero-order valence-corrected chi connectivity index (χ0v) is 25.4. The molecule has 0 saturated carbocycles. The Labute approximate surface area is 241 Å². The van der Waals surface area contributed by atoms with E-state index in [1.807, 2.05) is 13.8 Å². The highest BCUT2D eigenvalue weighted by Crippen LogP contribution is 2.27. The van der Waals surface area contributed by atoms with E-state index >= 15 is 0 Å². The minimum atomic E-state index is -3.63. The maximum atomic E-state index is 13.5. The molecule has 0 fully saturated rings. The number of nitrogens with zero attached hydrogens (tertiary/aromatic N) is 2. The van der Waals surface area contributed by atoms with Crippen LogP contribution >= 0.6 is 34.8 Å². The van der Waals surface area contributed by atoms with Gasteiger partial charge in [0.25, 0.3) is 0 Å². The number of carbonyl (C=O) groups is 2. The number of carbonyl (C=O) groups excluding carboxylic acids is 2. The Balaban J connectivity index is 2.27. The first-order valence-electron chi connectivity index (χ1n) is 12.6. The van der Waals surface area contributed by atoms with Gasteiger partial charge in [0.15, 0.2) is 0 Å². The van der Waals surface area contributed by atoms with E-state index in [0.29, 0.717) is 39.3 Å². The molecule has 7 nitrogen and oxygen atoms in total. The monoisotopic (exact) mass is 603 g/mol. The van der Waals surface area contributed by atoms with Crippen molar-refractivity contribution in [3.8, 4) is 0 Å². The number of hydrogen-bond acceptors (Lipinski definition) is 4. The van der Waals surface area contributed by atoms with Crippen molar-refractivity contribution in [1.29, 1.82) is 0 Å². The van der Waals surface area contributed by atoms with Crippen LogP contribution in [-0.2, 0) is 26.2 Å². The molecular formula is C27H36Cl3N3O4S. The molecule has 0 unspecified atom stereocenters.